The molecule has 0 unspecified atom stereocenters. The van der Waals surface area contributed by atoms with Crippen molar-refractivity contribution < 1.29 is 0 Å². The van der Waals surface area contributed by atoms with E-state index in [-0.39, 0.29) is 0 Å². The van der Waals surface area contributed by atoms with Crippen LogP contribution in [-0.4, -0.2) is 4.98 Å². The van der Waals surface area contributed by atoms with Crippen molar-refractivity contribution in [3.05, 3.63) is 37.5 Å². The first-order valence-corrected chi connectivity index (χ1v) is 7.02. The van der Waals surface area contributed by atoms with Crippen LogP contribution in [-0.2, 0) is 13.1 Å². The maximum atomic E-state index is 4.42. The van der Waals surface area contributed by atoms with Gasteiger partial charge in [-0.3, -0.25) is 0 Å². The Morgan fingerprint density at radius 3 is 2.62 bits per heavy atom. The van der Waals surface area contributed by atoms with Crippen molar-refractivity contribution in [2.75, 3.05) is 0 Å². The molecule has 0 aliphatic carbocycles. The Kier molecular flexibility index (Phi) is 3.74. The van der Waals surface area contributed by atoms with Crippen molar-refractivity contribution >= 4 is 22.7 Å². The minimum absolute atomic E-state index is 0.861. The van der Waals surface area contributed by atoms with Crippen molar-refractivity contribution in [3.63, 3.8) is 0 Å². The second kappa shape index (κ2) is 5.08. The molecule has 2 aromatic heterocycles. The van der Waals surface area contributed by atoms with Gasteiger partial charge in [0.15, 0.2) is 0 Å². The van der Waals surface area contributed by atoms with Gasteiger partial charge in [0.25, 0.3) is 0 Å². The SMILES string of the molecule is Cc1nc(CNCc2cc(C)c(C)s2)cs1. The molecule has 0 atom stereocenters. The van der Waals surface area contributed by atoms with Gasteiger partial charge in [0.1, 0.15) is 0 Å². The van der Waals surface area contributed by atoms with Gasteiger partial charge in [-0.05, 0) is 32.4 Å². The summed E-state index contributed by atoms with van der Waals surface area (Å²) in [4.78, 5) is 7.25. The maximum Gasteiger partial charge on any atom is 0.0897 e. The van der Waals surface area contributed by atoms with Crippen LogP contribution in [0.5, 0.6) is 0 Å². The standard InChI is InChI=1S/C12H16N2S2/c1-8-4-12(16-9(8)2)6-13-5-11-7-15-10(3)14-11/h4,7,13H,5-6H2,1-3H3. The molecule has 0 aliphatic heterocycles. The summed E-state index contributed by atoms with van der Waals surface area (Å²) < 4.78 is 0. The molecule has 0 bridgehead atoms. The second-order valence-electron chi connectivity index (χ2n) is 3.91. The highest BCUT2D eigenvalue weighted by Crippen LogP contribution is 2.20. The number of rotatable bonds is 4. The van der Waals surface area contributed by atoms with Crippen LogP contribution in [0, 0.1) is 20.8 Å². The number of aryl methyl sites for hydroxylation is 3. The predicted molar refractivity (Wildman–Crippen MR) is 71.2 cm³/mol. The number of hydrogen-bond acceptors (Lipinski definition) is 4. The van der Waals surface area contributed by atoms with E-state index in [0.29, 0.717) is 0 Å². The first-order valence-electron chi connectivity index (χ1n) is 5.33. The molecule has 2 heterocycles. The molecule has 0 saturated carbocycles. The molecule has 0 amide bonds. The molecular weight excluding hydrogens is 236 g/mol. The monoisotopic (exact) mass is 252 g/mol. The highest BCUT2D eigenvalue weighted by atomic mass is 32.1. The summed E-state index contributed by atoms with van der Waals surface area (Å²) in [5, 5.41) is 6.68. The van der Waals surface area contributed by atoms with Gasteiger partial charge < -0.3 is 5.32 Å². The molecule has 0 saturated heterocycles. The van der Waals surface area contributed by atoms with Gasteiger partial charge in [-0.15, -0.1) is 22.7 Å². The number of thiophene rings is 1. The van der Waals surface area contributed by atoms with E-state index in [1.807, 2.05) is 18.3 Å². The minimum Gasteiger partial charge on any atom is -0.306 e. The van der Waals surface area contributed by atoms with Gasteiger partial charge in [0.2, 0.25) is 0 Å². The fourth-order valence-corrected chi connectivity index (χ4v) is 3.18. The summed E-state index contributed by atoms with van der Waals surface area (Å²) in [5.74, 6) is 0. The summed E-state index contributed by atoms with van der Waals surface area (Å²) in [6, 6.07) is 2.26. The third-order valence-electron chi connectivity index (χ3n) is 2.49. The lowest BCUT2D eigenvalue weighted by atomic mass is 10.3. The van der Waals surface area contributed by atoms with E-state index >= 15 is 0 Å². The number of hydrogen-bond donors (Lipinski definition) is 1. The van der Waals surface area contributed by atoms with Crippen molar-refractivity contribution in [2.24, 2.45) is 0 Å². The number of nitrogens with one attached hydrogen (secondary N) is 1. The number of thiazole rings is 1. The number of nitrogens with zero attached hydrogens (tertiary/aromatic N) is 1. The van der Waals surface area contributed by atoms with Gasteiger partial charge in [-0.2, -0.15) is 0 Å². The highest BCUT2D eigenvalue weighted by molar-refractivity contribution is 7.12. The summed E-state index contributed by atoms with van der Waals surface area (Å²) in [6.07, 6.45) is 0. The van der Waals surface area contributed by atoms with Gasteiger partial charge in [0, 0.05) is 28.2 Å². The Bertz CT molecular complexity index is 452. The molecule has 0 aliphatic rings. The summed E-state index contributed by atoms with van der Waals surface area (Å²) >= 11 is 3.58. The molecule has 0 fully saturated rings. The molecule has 0 aromatic carbocycles. The summed E-state index contributed by atoms with van der Waals surface area (Å²) in [5.41, 5.74) is 2.54. The van der Waals surface area contributed by atoms with Gasteiger partial charge in [0.05, 0.1) is 10.7 Å². The third kappa shape index (κ3) is 2.90. The third-order valence-corrected chi connectivity index (χ3v) is 4.46. The van der Waals surface area contributed by atoms with E-state index in [0.717, 1.165) is 23.8 Å². The summed E-state index contributed by atoms with van der Waals surface area (Å²) in [6.45, 7) is 8.18. The largest absolute Gasteiger partial charge is 0.306 e. The topological polar surface area (TPSA) is 24.9 Å². The first-order chi connectivity index (χ1) is 7.65. The molecule has 0 radical (unpaired) electrons. The molecule has 2 rings (SSSR count). The average molecular weight is 252 g/mol. The highest BCUT2D eigenvalue weighted by Gasteiger charge is 2.02. The molecule has 0 spiro atoms. The van der Waals surface area contributed by atoms with E-state index < -0.39 is 0 Å². The Morgan fingerprint density at radius 1 is 1.25 bits per heavy atom. The van der Waals surface area contributed by atoms with Crippen molar-refractivity contribution in [2.45, 2.75) is 33.9 Å². The van der Waals surface area contributed by atoms with Crippen molar-refractivity contribution in [1.82, 2.24) is 10.3 Å². The molecule has 86 valence electrons. The van der Waals surface area contributed by atoms with Crippen LogP contribution in [0.25, 0.3) is 0 Å². The zero-order chi connectivity index (χ0) is 11.5. The average Bonchev–Trinajstić information content (AvgIpc) is 2.75. The van der Waals surface area contributed by atoms with Crippen LogP contribution in [0.3, 0.4) is 0 Å². The Balaban J connectivity index is 1.84. The second-order valence-corrected chi connectivity index (χ2v) is 6.32. The van der Waals surface area contributed by atoms with E-state index in [1.54, 1.807) is 11.3 Å². The van der Waals surface area contributed by atoms with Gasteiger partial charge >= 0.3 is 0 Å². The van der Waals surface area contributed by atoms with Crippen LogP contribution in [0.2, 0.25) is 0 Å². The lowest BCUT2D eigenvalue weighted by molar-refractivity contribution is 0.688. The molecule has 16 heavy (non-hydrogen) atoms. The van der Waals surface area contributed by atoms with E-state index in [9.17, 15) is 0 Å². The molecule has 1 N–H and O–H groups in total. The zero-order valence-electron chi connectivity index (χ0n) is 9.83. The van der Waals surface area contributed by atoms with Crippen LogP contribution < -0.4 is 5.32 Å². The normalized spacial score (nSPS) is 10.9. The Hall–Kier alpha value is -0.710. The lowest BCUT2D eigenvalue weighted by Gasteiger charge is -1.99. The fraction of sp³-hybridized carbons (Fsp3) is 0.417. The zero-order valence-corrected chi connectivity index (χ0v) is 11.5. The Labute approximate surface area is 104 Å². The van der Waals surface area contributed by atoms with Crippen molar-refractivity contribution in [3.8, 4) is 0 Å². The van der Waals surface area contributed by atoms with E-state index in [2.05, 4.69) is 35.6 Å². The molecule has 4 heteroatoms. The Morgan fingerprint density at radius 2 is 2.06 bits per heavy atom. The van der Waals surface area contributed by atoms with Gasteiger partial charge in [-0.1, -0.05) is 0 Å². The molecular formula is C12H16N2S2. The quantitative estimate of drug-likeness (QED) is 0.902. The number of aromatic nitrogens is 1. The van der Waals surface area contributed by atoms with Crippen LogP contribution >= 0.6 is 22.7 Å². The van der Waals surface area contributed by atoms with E-state index in [4.69, 9.17) is 0 Å². The van der Waals surface area contributed by atoms with Gasteiger partial charge in [-0.25, -0.2) is 4.98 Å². The smallest absolute Gasteiger partial charge is 0.0897 e. The van der Waals surface area contributed by atoms with Crippen LogP contribution in [0.4, 0.5) is 0 Å². The summed E-state index contributed by atoms with van der Waals surface area (Å²) in [7, 11) is 0. The maximum absolute atomic E-state index is 4.42. The lowest BCUT2D eigenvalue weighted by Crippen LogP contribution is -2.11. The molecule has 2 aromatic rings. The van der Waals surface area contributed by atoms with E-state index in [1.165, 1.54) is 15.3 Å². The van der Waals surface area contributed by atoms with Crippen molar-refractivity contribution in [1.29, 1.82) is 0 Å². The molecule has 2 nitrogen and oxygen atoms in total. The predicted octanol–water partition coefficient (Wildman–Crippen LogP) is 3.42. The van der Waals surface area contributed by atoms with Crippen LogP contribution in [0.15, 0.2) is 11.4 Å². The minimum atomic E-state index is 0.861. The van der Waals surface area contributed by atoms with Crippen LogP contribution in [0.1, 0.15) is 26.0 Å². The fourth-order valence-electron chi connectivity index (χ4n) is 1.54. The first kappa shape index (κ1) is 11.8.